The normalized spacial score (nSPS) is 18.0. The van der Waals surface area contributed by atoms with Crippen molar-refractivity contribution >= 4 is 45.7 Å². The number of Topliss-reactive ketones (excluding diaryl/α,β-unsaturated/α-hetero) is 1. The van der Waals surface area contributed by atoms with Crippen LogP contribution in [0, 0.1) is 0 Å². The second-order valence-corrected chi connectivity index (χ2v) is 9.79. The highest BCUT2D eigenvalue weighted by Crippen LogP contribution is 2.29. The summed E-state index contributed by atoms with van der Waals surface area (Å²) in [7, 11) is 0. The minimum atomic E-state index is -0.264. The largest absolute Gasteiger partial charge is 0.480 e. The fourth-order valence-electron chi connectivity index (χ4n) is 4.35. The maximum Gasteiger partial charge on any atom is 0.293 e. The number of benzene rings is 1. The molecule has 1 saturated heterocycles. The van der Waals surface area contributed by atoms with Gasteiger partial charge in [0.15, 0.2) is 17.4 Å². The average molecular weight is 514 g/mol. The Kier molecular flexibility index (Phi) is 7.80. The highest BCUT2D eigenvalue weighted by molar-refractivity contribution is 6.32. The number of aromatic nitrogens is 3. The van der Waals surface area contributed by atoms with Crippen LogP contribution in [0.1, 0.15) is 47.1 Å². The number of ether oxygens (including phenoxy) is 2. The zero-order valence-corrected chi connectivity index (χ0v) is 22.0. The predicted molar refractivity (Wildman–Crippen MR) is 142 cm³/mol. The summed E-state index contributed by atoms with van der Waals surface area (Å²) >= 11 is 6.43. The number of fused-ring (bicyclic) bond motifs is 1. The van der Waals surface area contributed by atoms with Gasteiger partial charge in [-0.25, -0.2) is 4.98 Å². The predicted octanol–water partition coefficient (Wildman–Crippen LogP) is 4.74. The van der Waals surface area contributed by atoms with E-state index in [9.17, 15) is 9.59 Å². The van der Waals surface area contributed by atoms with E-state index in [-0.39, 0.29) is 41.9 Å². The number of morpholine rings is 1. The minimum absolute atomic E-state index is 0.0701. The first-order valence-electron chi connectivity index (χ1n) is 12.2. The van der Waals surface area contributed by atoms with Gasteiger partial charge >= 0.3 is 0 Å². The van der Waals surface area contributed by atoms with Gasteiger partial charge in [0.1, 0.15) is 11.6 Å². The van der Waals surface area contributed by atoms with E-state index in [4.69, 9.17) is 21.1 Å². The van der Waals surface area contributed by atoms with Crippen molar-refractivity contribution < 1.29 is 14.3 Å². The summed E-state index contributed by atoms with van der Waals surface area (Å²) in [5.41, 5.74) is 1.24. The van der Waals surface area contributed by atoms with Crippen LogP contribution >= 0.6 is 11.6 Å². The zero-order chi connectivity index (χ0) is 26.0. The van der Waals surface area contributed by atoms with E-state index in [0.717, 1.165) is 16.6 Å². The van der Waals surface area contributed by atoms with Crippen molar-refractivity contribution in [1.29, 1.82) is 0 Å². The molecule has 0 amide bonds. The van der Waals surface area contributed by atoms with E-state index < -0.39 is 0 Å². The molecule has 10 heteroatoms. The molecule has 36 heavy (non-hydrogen) atoms. The Bertz CT molecular complexity index is 1320. The Balaban J connectivity index is 1.67. The molecule has 3 aromatic rings. The molecule has 192 valence electrons. The number of anilines is 3. The summed E-state index contributed by atoms with van der Waals surface area (Å²) in [5.74, 6) is 1.14. The van der Waals surface area contributed by atoms with Crippen LogP contribution in [-0.4, -0.2) is 52.2 Å². The van der Waals surface area contributed by atoms with Crippen LogP contribution < -0.4 is 20.5 Å². The van der Waals surface area contributed by atoms with Gasteiger partial charge in [0, 0.05) is 36.6 Å². The van der Waals surface area contributed by atoms with Gasteiger partial charge in [-0.15, -0.1) is 0 Å². The topological polar surface area (TPSA) is 98.6 Å². The highest BCUT2D eigenvalue weighted by atomic mass is 35.5. The van der Waals surface area contributed by atoms with E-state index in [0.29, 0.717) is 36.3 Å². The number of carbonyl (C=O) groups excluding carboxylic acids is 1. The number of pyridine rings is 1. The third-order valence-corrected chi connectivity index (χ3v) is 6.28. The Hall–Kier alpha value is -3.17. The van der Waals surface area contributed by atoms with Crippen LogP contribution in [0.5, 0.6) is 5.75 Å². The quantitative estimate of drug-likeness (QED) is 0.461. The number of hydrogen-bond donors (Lipinski definition) is 1. The average Bonchev–Trinajstić information content (AvgIpc) is 2.83. The van der Waals surface area contributed by atoms with Crippen molar-refractivity contribution in [1.82, 2.24) is 14.5 Å². The molecule has 0 radical (unpaired) electrons. The van der Waals surface area contributed by atoms with Crippen molar-refractivity contribution in [3.8, 4) is 5.75 Å². The summed E-state index contributed by atoms with van der Waals surface area (Å²) in [6.07, 6.45) is 2.09. The fourth-order valence-corrected chi connectivity index (χ4v) is 4.49. The first-order chi connectivity index (χ1) is 17.2. The third kappa shape index (κ3) is 5.63. The van der Waals surface area contributed by atoms with Gasteiger partial charge in [0.2, 0.25) is 5.95 Å². The lowest BCUT2D eigenvalue weighted by Gasteiger charge is -2.35. The molecule has 0 saturated carbocycles. The number of ketones is 1. The first kappa shape index (κ1) is 25.9. The second kappa shape index (κ2) is 10.8. The molecule has 2 aromatic heterocycles. The molecule has 2 atom stereocenters. The Morgan fingerprint density at radius 3 is 2.64 bits per heavy atom. The zero-order valence-electron chi connectivity index (χ0n) is 21.2. The maximum absolute atomic E-state index is 13.0. The molecule has 1 unspecified atom stereocenters. The van der Waals surface area contributed by atoms with Crippen LogP contribution in [-0.2, 0) is 9.53 Å². The molecule has 1 fully saturated rings. The molecule has 3 heterocycles. The molecular formula is C26H32ClN5O4. The number of nitrogens with zero attached hydrogens (tertiary/aromatic N) is 4. The lowest BCUT2D eigenvalue weighted by atomic mass is 10.1. The van der Waals surface area contributed by atoms with E-state index in [1.807, 2.05) is 45.9 Å². The smallest absolute Gasteiger partial charge is 0.293 e. The first-order valence-corrected chi connectivity index (χ1v) is 12.6. The Labute approximate surface area is 215 Å². The van der Waals surface area contributed by atoms with E-state index in [2.05, 4.69) is 20.2 Å². The van der Waals surface area contributed by atoms with Crippen molar-refractivity contribution in [3.63, 3.8) is 0 Å². The third-order valence-electron chi connectivity index (χ3n) is 6.00. The number of nitrogens with one attached hydrogen (secondary N) is 1. The van der Waals surface area contributed by atoms with Crippen molar-refractivity contribution in [2.24, 2.45) is 0 Å². The van der Waals surface area contributed by atoms with Crippen molar-refractivity contribution in [2.45, 2.75) is 59.3 Å². The van der Waals surface area contributed by atoms with Crippen LogP contribution in [0.15, 0.2) is 35.3 Å². The summed E-state index contributed by atoms with van der Waals surface area (Å²) in [6, 6.07) is 7.23. The van der Waals surface area contributed by atoms with Gasteiger partial charge < -0.3 is 24.3 Å². The van der Waals surface area contributed by atoms with Gasteiger partial charge in [-0.2, -0.15) is 4.98 Å². The van der Waals surface area contributed by atoms with Crippen molar-refractivity contribution in [2.75, 3.05) is 29.9 Å². The number of carbonyl (C=O) groups is 1. The number of hydrogen-bond acceptors (Lipinski definition) is 8. The van der Waals surface area contributed by atoms with Gasteiger partial charge in [-0.3, -0.25) is 9.59 Å². The van der Waals surface area contributed by atoms with Gasteiger partial charge in [-0.1, -0.05) is 18.5 Å². The molecular weight excluding hydrogens is 482 g/mol. The number of halogens is 1. The van der Waals surface area contributed by atoms with E-state index >= 15 is 0 Å². The molecule has 9 nitrogen and oxygen atoms in total. The molecule has 4 rings (SSSR count). The number of rotatable bonds is 8. The lowest BCUT2D eigenvalue weighted by molar-refractivity contribution is -0.120. The van der Waals surface area contributed by atoms with E-state index in [1.165, 1.54) is 0 Å². The van der Waals surface area contributed by atoms with Crippen LogP contribution in [0.3, 0.4) is 0 Å². The summed E-state index contributed by atoms with van der Waals surface area (Å²) in [6.45, 7) is 10.9. The summed E-state index contributed by atoms with van der Waals surface area (Å²) in [5, 5.41) is 4.46. The molecule has 0 bridgehead atoms. The fraction of sp³-hybridized carbons (Fsp3) is 0.462. The Morgan fingerprint density at radius 1 is 1.25 bits per heavy atom. The Morgan fingerprint density at radius 2 is 1.97 bits per heavy atom. The molecule has 1 N–H and O–H groups in total. The maximum atomic E-state index is 13.0. The molecule has 0 aliphatic carbocycles. The van der Waals surface area contributed by atoms with Gasteiger partial charge in [0.05, 0.1) is 23.9 Å². The van der Waals surface area contributed by atoms with Crippen LogP contribution in [0.4, 0.5) is 17.5 Å². The molecule has 1 aromatic carbocycles. The lowest BCUT2D eigenvalue weighted by Crippen LogP contribution is -2.46. The molecule has 1 aliphatic rings. The van der Waals surface area contributed by atoms with Crippen LogP contribution in [0.2, 0.25) is 5.02 Å². The highest BCUT2D eigenvalue weighted by Gasteiger charge is 2.24. The minimum Gasteiger partial charge on any atom is -0.480 e. The monoisotopic (exact) mass is 513 g/mol. The SMILES string of the molecule is CCC(=O)COc1cc2cc(Nc3nc(N4CC(C)O[C@@H](C)C4)ncc3Cl)ccc2n(C(C)C)c1=O. The standard InChI is InChI=1S/C26H32ClN5O4/c1-6-20(33)14-35-23-10-18-9-19(7-8-22(18)32(15(2)3)25(23)34)29-24-21(27)11-28-26(30-24)31-12-16(4)36-17(5)13-31/h7-11,15-17H,6,12-14H2,1-5H3,(H,28,29,30)/t16-,17?/m0/s1. The van der Waals surface area contributed by atoms with E-state index in [1.54, 1.807) is 23.8 Å². The van der Waals surface area contributed by atoms with Crippen LogP contribution in [0.25, 0.3) is 10.9 Å². The second-order valence-electron chi connectivity index (χ2n) is 9.39. The van der Waals surface area contributed by atoms with Gasteiger partial charge in [-0.05, 0) is 52.0 Å². The van der Waals surface area contributed by atoms with Crippen molar-refractivity contribution in [3.05, 3.63) is 45.8 Å². The summed E-state index contributed by atoms with van der Waals surface area (Å²) < 4.78 is 13.1. The van der Waals surface area contributed by atoms with Gasteiger partial charge in [0.25, 0.3) is 5.56 Å². The molecule has 1 aliphatic heterocycles. The molecule has 0 spiro atoms. The summed E-state index contributed by atoms with van der Waals surface area (Å²) in [4.78, 5) is 36.0.